The smallest absolute Gasteiger partial charge is 0.257 e. The van der Waals surface area contributed by atoms with E-state index in [1.807, 2.05) is 13.8 Å². The zero-order chi connectivity index (χ0) is 27.6. The van der Waals surface area contributed by atoms with E-state index in [1.165, 1.54) is 17.0 Å². The van der Waals surface area contributed by atoms with Crippen molar-refractivity contribution >= 4 is 27.5 Å². The molecule has 2 aliphatic heterocycles. The zero-order valence-electron chi connectivity index (χ0n) is 22.1. The molecular formula is C26H33N3O8S. The highest BCUT2D eigenvalue weighted by Gasteiger charge is 2.31. The Labute approximate surface area is 222 Å². The van der Waals surface area contributed by atoms with Crippen LogP contribution in [0.4, 0.5) is 5.69 Å². The minimum Gasteiger partial charge on any atom is -0.491 e. The van der Waals surface area contributed by atoms with Crippen molar-refractivity contribution in [2.75, 3.05) is 51.6 Å². The number of amides is 2. The maximum Gasteiger partial charge on any atom is 0.257 e. The first-order chi connectivity index (χ1) is 18.0. The number of benzene rings is 2. The van der Waals surface area contributed by atoms with Crippen molar-refractivity contribution in [3.05, 3.63) is 47.5 Å². The summed E-state index contributed by atoms with van der Waals surface area (Å²) in [5.74, 6) is 0.722. The zero-order valence-corrected chi connectivity index (χ0v) is 22.9. The molecule has 0 aliphatic carbocycles. The molecule has 2 aliphatic rings. The maximum absolute atomic E-state index is 13.7. The number of nitrogens with one attached hydrogen (secondary N) is 1. The Kier molecular flexibility index (Phi) is 8.02. The minimum atomic E-state index is -3.55. The van der Waals surface area contributed by atoms with Gasteiger partial charge in [-0.15, -0.1) is 0 Å². The van der Waals surface area contributed by atoms with Crippen LogP contribution in [0.2, 0.25) is 0 Å². The number of anilines is 1. The van der Waals surface area contributed by atoms with E-state index < -0.39 is 10.0 Å². The average Bonchev–Trinajstić information content (AvgIpc) is 3.34. The van der Waals surface area contributed by atoms with Gasteiger partial charge in [0.1, 0.15) is 12.4 Å². The normalized spacial score (nSPS) is 22.1. The first kappa shape index (κ1) is 27.5. The van der Waals surface area contributed by atoms with Gasteiger partial charge in [0.2, 0.25) is 16.8 Å². The van der Waals surface area contributed by atoms with Gasteiger partial charge >= 0.3 is 0 Å². The van der Waals surface area contributed by atoms with Crippen LogP contribution in [0.15, 0.2) is 36.4 Å². The summed E-state index contributed by atoms with van der Waals surface area (Å²) in [7, 11) is -0.330. The molecular weight excluding hydrogens is 514 g/mol. The van der Waals surface area contributed by atoms with Gasteiger partial charge in [-0.25, -0.2) is 8.42 Å². The Balaban J connectivity index is 1.68. The Morgan fingerprint density at radius 3 is 2.45 bits per heavy atom. The van der Waals surface area contributed by atoms with Gasteiger partial charge in [0.05, 0.1) is 24.0 Å². The summed E-state index contributed by atoms with van der Waals surface area (Å²) in [5.41, 5.74) is 0.900. The molecule has 2 aromatic carbocycles. The fourth-order valence-corrected chi connectivity index (χ4v) is 5.09. The third-order valence-electron chi connectivity index (χ3n) is 6.63. The number of carbonyl (C=O) groups excluding carboxylic acids is 2. The van der Waals surface area contributed by atoms with Gasteiger partial charge in [0, 0.05) is 44.4 Å². The highest BCUT2D eigenvalue weighted by atomic mass is 32.2. The second kappa shape index (κ2) is 11.1. The number of methoxy groups -OCH3 is 1. The molecule has 0 spiro atoms. The molecule has 0 saturated heterocycles. The van der Waals surface area contributed by atoms with Gasteiger partial charge in [0.25, 0.3) is 11.8 Å². The molecule has 0 aromatic heterocycles. The topological polar surface area (TPSA) is 124 Å². The van der Waals surface area contributed by atoms with Gasteiger partial charge in [-0.1, -0.05) is 6.92 Å². The molecule has 0 saturated carbocycles. The van der Waals surface area contributed by atoms with Crippen LogP contribution in [0.5, 0.6) is 17.2 Å². The van der Waals surface area contributed by atoms with Crippen LogP contribution in [0.1, 0.15) is 34.6 Å². The maximum atomic E-state index is 13.7. The third kappa shape index (κ3) is 6.13. The van der Waals surface area contributed by atoms with Crippen molar-refractivity contribution in [2.45, 2.75) is 26.0 Å². The Morgan fingerprint density at radius 2 is 1.74 bits per heavy atom. The predicted octanol–water partition coefficient (Wildman–Crippen LogP) is 2.43. The lowest BCUT2D eigenvalue weighted by atomic mass is 10.0. The first-order valence-corrected chi connectivity index (χ1v) is 14.1. The van der Waals surface area contributed by atoms with E-state index in [0.29, 0.717) is 23.6 Å². The molecule has 0 bridgehead atoms. The van der Waals surface area contributed by atoms with Crippen LogP contribution < -0.4 is 18.9 Å². The van der Waals surface area contributed by atoms with Crippen molar-refractivity contribution < 1.29 is 37.0 Å². The number of fused-ring (bicyclic) bond motifs is 2. The number of hydrogen-bond acceptors (Lipinski definition) is 8. The molecule has 0 radical (unpaired) electrons. The predicted molar refractivity (Wildman–Crippen MR) is 140 cm³/mol. The number of likely N-dealkylation sites (N-methyl/N-ethyl adjacent to an activating group) is 1. The van der Waals surface area contributed by atoms with Gasteiger partial charge in [-0.05, 0) is 43.3 Å². The van der Waals surface area contributed by atoms with E-state index in [1.54, 1.807) is 43.3 Å². The number of sulfonamides is 1. The number of rotatable bonds is 4. The molecule has 12 heteroatoms. The van der Waals surface area contributed by atoms with E-state index >= 15 is 0 Å². The molecule has 2 aromatic rings. The molecule has 206 valence electrons. The largest absolute Gasteiger partial charge is 0.491 e. The van der Waals surface area contributed by atoms with Crippen molar-refractivity contribution in [3.8, 4) is 17.2 Å². The van der Waals surface area contributed by atoms with Crippen molar-refractivity contribution in [2.24, 2.45) is 5.92 Å². The molecule has 3 atom stereocenters. The van der Waals surface area contributed by atoms with E-state index in [9.17, 15) is 18.0 Å². The third-order valence-corrected chi connectivity index (χ3v) is 7.23. The Hall–Kier alpha value is -3.51. The number of nitrogens with zero attached hydrogens (tertiary/aromatic N) is 2. The molecule has 2 heterocycles. The lowest BCUT2D eigenvalue weighted by molar-refractivity contribution is 0.0111. The number of ether oxygens (including phenoxy) is 4. The van der Waals surface area contributed by atoms with Crippen LogP contribution >= 0.6 is 0 Å². The van der Waals surface area contributed by atoms with Gasteiger partial charge in [0.15, 0.2) is 11.5 Å². The fourth-order valence-electron chi connectivity index (χ4n) is 4.53. The molecule has 11 nitrogen and oxygen atoms in total. The second-order valence-electron chi connectivity index (χ2n) is 9.71. The van der Waals surface area contributed by atoms with E-state index in [4.69, 9.17) is 18.9 Å². The van der Waals surface area contributed by atoms with Crippen LogP contribution in [0.3, 0.4) is 0 Å². The second-order valence-corrected chi connectivity index (χ2v) is 11.5. The monoisotopic (exact) mass is 547 g/mol. The van der Waals surface area contributed by atoms with Crippen LogP contribution in [0.25, 0.3) is 0 Å². The Morgan fingerprint density at radius 1 is 1.03 bits per heavy atom. The summed E-state index contributed by atoms with van der Waals surface area (Å²) >= 11 is 0. The molecule has 2 amide bonds. The standard InChI is InChI=1S/C26H33N3O8S/c1-16-12-29(25(30)18-6-8-22-23(10-18)37-15-36-22)17(2)14-35-21-9-7-19(27-38(5,32)33)11-20(21)26(31)28(3)13-24(16)34-4/h6-11,16-17,24,27H,12-15H2,1-5H3/t16-,17+,24-/m1/s1. The SMILES string of the molecule is CO[C@@H]1CN(C)C(=O)c2cc(NS(C)(=O)=O)ccc2OC[C@H](C)N(C(=O)c2ccc3c(c2)OCO3)C[C@H]1C. The molecule has 0 fully saturated rings. The molecule has 4 rings (SSSR count). The number of carbonyl (C=O) groups is 2. The van der Waals surface area contributed by atoms with Crippen LogP contribution in [-0.4, -0.2) is 89.1 Å². The number of hydrogen-bond donors (Lipinski definition) is 1. The van der Waals surface area contributed by atoms with Crippen molar-refractivity contribution in [3.63, 3.8) is 0 Å². The summed E-state index contributed by atoms with van der Waals surface area (Å²) in [6, 6.07) is 9.25. The Bertz CT molecular complexity index is 1320. The van der Waals surface area contributed by atoms with Crippen molar-refractivity contribution in [1.29, 1.82) is 0 Å². The minimum absolute atomic E-state index is 0.101. The quantitative estimate of drug-likeness (QED) is 0.619. The van der Waals surface area contributed by atoms with E-state index in [2.05, 4.69) is 4.72 Å². The molecule has 1 N–H and O–H groups in total. The summed E-state index contributed by atoms with van der Waals surface area (Å²) in [5, 5.41) is 0. The fraction of sp³-hybridized carbons (Fsp3) is 0.462. The van der Waals surface area contributed by atoms with E-state index in [0.717, 1.165) is 6.26 Å². The summed E-state index contributed by atoms with van der Waals surface area (Å²) in [4.78, 5) is 30.3. The lowest BCUT2D eigenvalue weighted by Gasteiger charge is -2.36. The first-order valence-electron chi connectivity index (χ1n) is 12.2. The van der Waals surface area contributed by atoms with Crippen LogP contribution in [0, 0.1) is 5.92 Å². The summed E-state index contributed by atoms with van der Waals surface area (Å²) in [6.07, 6.45) is 0.666. The van der Waals surface area contributed by atoms with Gasteiger partial charge in [-0.2, -0.15) is 0 Å². The van der Waals surface area contributed by atoms with Crippen molar-refractivity contribution in [1.82, 2.24) is 9.80 Å². The van der Waals surface area contributed by atoms with Gasteiger partial charge < -0.3 is 28.7 Å². The van der Waals surface area contributed by atoms with E-state index in [-0.39, 0.29) is 66.8 Å². The lowest BCUT2D eigenvalue weighted by Crippen LogP contribution is -2.48. The molecule has 0 unspecified atom stereocenters. The van der Waals surface area contributed by atoms with Crippen LogP contribution in [-0.2, 0) is 14.8 Å². The van der Waals surface area contributed by atoms with Gasteiger partial charge in [-0.3, -0.25) is 14.3 Å². The highest BCUT2D eigenvalue weighted by Crippen LogP contribution is 2.33. The molecule has 38 heavy (non-hydrogen) atoms. The average molecular weight is 548 g/mol. The summed E-state index contributed by atoms with van der Waals surface area (Å²) < 4.78 is 48.5. The summed E-state index contributed by atoms with van der Waals surface area (Å²) in [6.45, 7) is 4.67. The highest BCUT2D eigenvalue weighted by molar-refractivity contribution is 7.92.